The fraction of sp³-hybridized carbons (Fsp3) is 0.538. The van der Waals surface area contributed by atoms with E-state index in [0.29, 0.717) is 6.10 Å². The summed E-state index contributed by atoms with van der Waals surface area (Å²) >= 11 is 5.83. The second kappa shape index (κ2) is 7.07. The first-order valence-corrected chi connectivity index (χ1v) is 8.09. The van der Waals surface area contributed by atoms with E-state index in [0.717, 1.165) is 42.9 Å². The third-order valence-corrected chi connectivity index (χ3v) is 5.45. The molecule has 0 saturated carbocycles. The summed E-state index contributed by atoms with van der Waals surface area (Å²) in [5.74, 6) is 0. The van der Waals surface area contributed by atoms with Crippen LogP contribution in [0.4, 0.5) is 5.69 Å². The van der Waals surface area contributed by atoms with Crippen molar-refractivity contribution in [2.24, 2.45) is 0 Å². The zero-order valence-corrected chi connectivity index (χ0v) is 14.2. The highest BCUT2D eigenvalue weighted by molar-refractivity contribution is 14.1. The molecule has 1 saturated heterocycles. The van der Waals surface area contributed by atoms with E-state index < -0.39 is 0 Å². The Morgan fingerprint density at radius 2 is 2.39 bits per heavy atom. The Morgan fingerprint density at radius 3 is 3.11 bits per heavy atom. The molecule has 1 N–H and O–H groups in total. The van der Waals surface area contributed by atoms with Gasteiger partial charge in [-0.05, 0) is 63.3 Å². The van der Waals surface area contributed by atoms with Crippen LogP contribution in [-0.4, -0.2) is 43.8 Å². The first-order valence-electron chi connectivity index (χ1n) is 6.22. The Balaban J connectivity index is 1.85. The number of morpholine rings is 1. The Labute approximate surface area is 131 Å². The summed E-state index contributed by atoms with van der Waals surface area (Å²) in [6.07, 6.45) is 0.292. The van der Waals surface area contributed by atoms with E-state index in [1.54, 1.807) is 0 Å². The fourth-order valence-corrected chi connectivity index (χ4v) is 2.79. The minimum Gasteiger partial charge on any atom is -0.382 e. The van der Waals surface area contributed by atoms with Gasteiger partial charge < -0.3 is 10.1 Å². The van der Waals surface area contributed by atoms with Crippen LogP contribution in [0, 0.1) is 3.57 Å². The molecule has 0 radical (unpaired) electrons. The van der Waals surface area contributed by atoms with Gasteiger partial charge in [-0.3, -0.25) is 4.90 Å². The van der Waals surface area contributed by atoms with Gasteiger partial charge in [0.2, 0.25) is 0 Å². The molecule has 5 heteroatoms. The fourth-order valence-electron chi connectivity index (χ4n) is 2.03. The number of nitrogens with one attached hydrogen (secondary N) is 1. The molecule has 1 unspecified atom stereocenters. The molecule has 0 bridgehead atoms. The van der Waals surface area contributed by atoms with Crippen molar-refractivity contribution in [2.75, 3.05) is 38.1 Å². The number of hydrogen-bond donors (Lipinski definition) is 1. The van der Waals surface area contributed by atoms with Crippen LogP contribution < -0.4 is 5.32 Å². The molecule has 0 aliphatic carbocycles. The monoisotopic (exact) mass is 424 g/mol. The lowest BCUT2D eigenvalue weighted by atomic mass is 10.2. The maximum Gasteiger partial charge on any atom is 0.0874 e. The zero-order chi connectivity index (χ0) is 13.0. The third kappa shape index (κ3) is 4.08. The average molecular weight is 425 g/mol. The van der Waals surface area contributed by atoms with Crippen molar-refractivity contribution in [3.05, 3.63) is 26.2 Å². The minimum atomic E-state index is 0.292. The average Bonchev–Trinajstić information content (AvgIpc) is 2.40. The van der Waals surface area contributed by atoms with Gasteiger partial charge >= 0.3 is 0 Å². The van der Waals surface area contributed by atoms with Gasteiger partial charge in [-0.1, -0.05) is 6.92 Å². The third-order valence-electron chi connectivity index (χ3n) is 3.12. The predicted octanol–water partition coefficient (Wildman–Crippen LogP) is 3.19. The molecular formula is C13H18BrIN2O. The minimum absolute atomic E-state index is 0.292. The Hall–Kier alpha value is 0.150. The molecule has 18 heavy (non-hydrogen) atoms. The Bertz CT molecular complexity index is 403. The van der Waals surface area contributed by atoms with Crippen LogP contribution in [0.2, 0.25) is 0 Å². The van der Waals surface area contributed by atoms with Crippen molar-refractivity contribution in [3.63, 3.8) is 0 Å². The number of benzene rings is 1. The van der Waals surface area contributed by atoms with Crippen molar-refractivity contribution in [1.82, 2.24) is 4.90 Å². The number of hydrogen-bond acceptors (Lipinski definition) is 3. The molecule has 100 valence electrons. The maximum absolute atomic E-state index is 5.77. The van der Waals surface area contributed by atoms with E-state index in [-0.39, 0.29) is 0 Å². The topological polar surface area (TPSA) is 24.5 Å². The number of anilines is 1. The Kier molecular flexibility index (Phi) is 5.72. The second-order valence-electron chi connectivity index (χ2n) is 4.40. The van der Waals surface area contributed by atoms with Crippen molar-refractivity contribution in [1.29, 1.82) is 0 Å². The quantitative estimate of drug-likeness (QED) is 0.751. The van der Waals surface area contributed by atoms with Gasteiger partial charge in [0.25, 0.3) is 0 Å². The van der Waals surface area contributed by atoms with Crippen molar-refractivity contribution >= 4 is 44.2 Å². The lowest BCUT2D eigenvalue weighted by Gasteiger charge is -2.32. The molecule has 2 rings (SSSR count). The maximum atomic E-state index is 5.77. The smallest absolute Gasteiger partial charge is 0.0874 e. The molecule has 1 atom stereocenters. The van der Waals surface area contributed by atoms with Crippen LogP contribution in [0.1, 0.15) is 6.92 Å². The van der Waals surface area contributed by atoms with Gasteiger partial charge in [0, 0.05) is 33.4 Å². The van der Waals surface area contributed by atoms with Crippen LogP contribution in [0.15, 0.2) is 22.7 Å². The van der Waals surface area contributed by atoms with Gasteiger partial charge in [0.1, 0.15) is 0 Å². The molecule has 1 aliphatic heterocycles. The molecule has 3 nitrogen and oxygen atoms in total. The second-order valence-corrected chi connectivity index (χ2v) is 6.41. The molecule has 1 aromatic rings. The number of nitrogens with zero attached hydrogens (tertiary/aromatic N) is 1. The van der Waals surface area contributed by atoms with E-state index in [1.165, 1.54) is 3.57 Å². The zero-order valence-electron chi connectivity index (χ0n) is 10.5. The first-order chi connectivity index (χ1) is 8.69. The Morgan fingerprint density at radius 1 is 1.56 bits per heavy atom. The largest absolute Gasteiger partial charge is 0.382 e. The summed E-state index contributed by atoms with van der Waals surface area (Å²) in [7, 11) is 0. The lowest BCUT2D eigenvalue weighted by molar-refractivity contribution is -0.0191. The normalized spacial score (nSPS) is 20.9. The van der Waals surface area contributed by atoms with E-state index in [9.17, 15) is 0 Å². The number of likely N-dealkylation sites (N-methyl/N-ethyl adjacent to an activating group) is 1. The van der Waals surface area contributed by atoms with E-state index in [1.807, 2.05) is 0 Å². The van der Waals surface area contributed by atoms with E-state index in [2.05, 4.69) is 73.9 Å². The van der Waals surface area contributed by atoms with Gasteiger partial charge in [0.15, 0.2) is 0 Å². The van der Waals surface area contributed by atoms with Crippen molar-refractivity contribution in [2.45, 2.75) is 13.0 Å². The lowest BCUT2D eigenvalue weighted by Crippen LogP contribution is -2.45. The molecule has 1 aliphatic rings. The van der Waals surface area contributed by atoms with Crippen molar-refractivity contribution < 1.29 is 4.74 Å². The summed E-state index contributed by atoms with van der Waals surface area (Å²) < 4.78 is 8.13. The molecule has 0 amide bonds. The summed E-state index contributed by atoms with van der Waals surface area (Å²) in [4.78, 5) is 2.43. The summed E-state index contributed by atoms with van der Waals surface area (Å²) in [5, 5.41) is 3.45. The standard InChI is InChI=1S/C13H18BrIN2O/c1-2-17-5-6-18-11(9-17)8-16-10-3-4-12(14)13(15)7-10/h3-4,7,11,16H,2,5-6,8-9H2,1H3. The van der Waals surface area contributed by atoms with Crippen LogP contribution >= 0.6 is 38.5 Å². The first kappa shape index (κ1) is 14.6. The van der Waals surface area contributed by atoms with Gasteiger partial charge in [-0.2, -0.15) is 0 Å². The van der Waals surface area contributed by atoms with Gasteiger partial charge in [-0.15, -0.1) is 0 Å². The van der Waals surface area contributed by atoms with Gasteiger partial charge in [-0.25, -0.2) is 0 Å². The highest BCUT2D eigenvalue weighted by Crippen LogP contribution is 2.22. The van der Waals surface area contributed by atoms with Crippen molar-refractivity contribution in [3.8, 4) is 0 Å². The number of rotatable bonds is 4. The summed E-state index contributed by atoms with van der Waals surface area (Å²) in [6, 6.07) is 6.31. The molecule has 1 heterocycles. The van der Waals surface area contributed by atoms with E-state index >= 15 is 0 Å². The summed E-state index contributed by atoms with van der Waals surface area (Å²) in [6.45, 7) is 7.11. The van der Waals surface area contributed by atoms with Crippen LogP contribution in [0.3, 0.4) is 0 Å². The molecule has 0 aromatic heterocycles. The van der Waals surface area contributed by atoms with Crippen LogP contribution in [0.25, 0.3) is 0 Å². The highest BCUT2D eigenvalue weighted by atomic mass is 127. The number of halogens is 2. The molecule has 1 fully saturated rings. The van der Waals surface area contributed by atoms with Crippen LogP contribution in [0.5, 0.6) is 0 Å². The predicted molar refractivity (Wildman–Crippen MR) is 87.2 cm³/mol. The summed E-state index contributed by atoms with van der Waals surface area (Å²) in [5.41, 5.74) is 1.15. The van der Waals surface area contributed by atoms with E-state index in [4.69, 9.17) is 4.74 Å². The molecular weight excluding hydrogens is 407 g/mol. The molecule has 0 spiro atoms. The number of ether oxygens (including phenoxy) is 1. The van der Waals surface area contributed by atoms with Gasteiger partial charge in [0.05, 0.1) is 12.7 Å². The van der Waals surface area contributed by atoms with Crippen LogP contribution in [-0.2, 0) is 4.74 Å². The molecule has 1 aromatic carbocycles. The highest BCUT2D eigenvalue weighted by Gasteiger charge is 2.18. The SMILES string of the molecule is CCN1CCOC(CNc2ccc(Br)c(I)c2)C1.